The Kier molecular flexibility index (Phi) is 2.93. The lowest BCUT2D eigenvalue weighted by molar-refractivity contribution is -0.161. The molecule has 0 spiro atoms. The molecule has 0 aromatic carbocycles. The summed E-state index contributed by atoms with van der Waals surface area (Å²) in [6.07, 6.45) is 1.15. The molecule has 4 nitrogen and oxygen atoms in total. The summed E-state index contributed by atoms with van der Waals surface area (Å²) in [7, 11) is 0. The Hall–Kier alpha value is -0.610. The molecule has 1 saturated carbocycles. The number of carboxylic acid groups (broad SMARTS) is 1. The number of rotatable bonds is 3. The van der Waals surface area contributed by atoms with Gasteiger partial charge in [-0.05, 0) is 33.1 Å². The maximum atomic E-state index is 10.5. The lowest BCUT2D eigenvalue weighted by Crippen LogP contribution is -2.39. The summed E-state index contributed by atoms with van der Waals surface area (Å²) in [4.78, 5) is 10.5. The van der Waals surface area contributed by atoms with Crippen LogP contribution in [0.25, 0.3) is 0 Å². The predicted molar refractivity (Wildman–Crippen MR) is 46.4 cm³/mol. The average Bonchev–Trinajstić information content (AvgIpc) is 2.30. The normalized spacial score (nSPS) is 36.1. The van der Waals surface area contributed by atoms with E-state index in [1.165, 1.54) is 6.92 Å². The van der Waals surface area contributed by atoms with Crippen molar-refractivity contribution in [1.82, 2.24) is 0 Å². The molecule has 1 aliphatic rings. The van der Waals surface area contributed by atoms with Gasteiger partial charge in [-0.3, -0.25) is 0 Å². The zero-order valence-electron chi connectivity index (χ0n) is 7.99. The highest BCUT2D eigenvalue weighted by molar-refractivity contribution is 5.71. The minimum Gasteiger partial charge on any atom is -0.479 e. The van der Waals surface area contributed by atoms with Crippen molar-refractivity contribution in [1.29, 1.82) is 0 Å². The van der Waals surface area contributed by atoms with Crippen LogP contribution < -0.4 is 0 Å². The number of aliphatic hydroxyl groups is 1. The molecule has 0 amide bonds. The van der Waals surface area contributed by atoms with Crippen LogP contribution in [0.2, 0.25) is 0 Å². The number of carbonyl (C=O) groups is 1. The van der Waals surface area contributed by atoms with Gasteiger partial charge >= 0.3 is 5.97 Å². The number of hydrogen-bond donors (Lipinski definition) is 2. The third kappa shape index (κ3) is 2.42. The molecule has 0 aromatic rings. The highest BCUT2D eigenvalue weighted by Gasteiger charge is 2.39. The first-order valence-electron chi connectivity index (χ1n) is 4.54. The minimum atomic E-state index is -0.984. The van der Waals surface area contributed by atoms with E-state index in [0.29, 0.717) is 6.42 Å². The van der Waals surface area contributed by atoms with Gasteiger partial charge in [0, 0.05) is 0 Å². The Morgan fingerprint density at radius 3 is 2.69 bits per heavy atom. The smallest absolute Gasteiger partial charge is 0.332 e. The van der Waals surface area contributed by atoms with Gasteiger partial charge in [-0.15, -0.1) is 0 Å². The maximum Gasteiger partial charge on any atom is 0.332 e. The molecular formula is C9H16O4. The summed E-state index contributed by atoms with van der Waals surface area (Å²) in [5.41, 5.74) is -0.857. The van der Waals surface area contributed by atoms with Crippen molar-refractivity contribution in [2.45, 2.75) is 50.9 Å². The summed E-state index contributed by atoms with van der Waals surface area (Å²) in [6.45, 7) is 3.18. The first kappa shape index (κ1) is 10.5. The van der Waals surface area contributed by atoms with Crippen LogP contribution in [0.15, 0.2) is 0 Å². The first-order chi connectivity index (χ1) is 5.93. The van der Waals surface area contributed by atoms with Crippen LogP contribution in [-0.2, 0) is 9.53 Å². The Labute approximate surface area is 77.5 Å². The van der Waals surface area contributed by atoms with Crippen molar-refractivity contribution < 1.29 is 19.7 Å². The second-order valence-electron chi connectivity index (χ2n) is 3.85. The molecule has 1 rings (SSSR count). The van der Waals surface area contributed by atoms with E-state index in [0.717, 1.165) is 12.8 Å². The second kappa shape index (κ2) is 3.64. The molecule has 4 heteroatoms. The Morgan fingerprint density at radius 2 is 2.31 bits per heavy atom. The van der Waals surface area contributed by atoms with Crippen LogP contribution in [0, 0.1) is 0 Å². The zero-order valence-corrected chi connectivity index (χ0v) is 7.99. The van der Waals surface area contributed by atoms with Crippen molar-refractivity contribution in [2.24, 2.45) is 0 Å². The van der Waals surface area contributed by atoms with Gasteiger partial charge < -0.3 is 14.9 Å². The average molecular weight is 188 g/mol. The molecule has 13 heavy (non-hydrogen) atoms. The summed E-state index contributed by atoms with van der Waals surface area (Å²) >= 11 is 0. The van der Waals surface area contributed by atoms with E-state index in [1.54, 1.807) is 6.92 Å². The van der Waals surface area contributed by atoms with E-state index >= 15 is 0 Å². The van der Waals surface area contributed by atoms with Gasteiger partial charge in [0.1, 0.15) is 0 Å². The lowest BCUT2D eigenvalue weighted by atomic mass is 10.0. The summed E-state index contributed by atoms with van der Waals surface area (Å²) in [6, 6.07) is 0. The van der Waals surface area contributed by atoms with E-state index in [1.807, 2.05) is 0 Å². The molecule has 0 heterocycles. The van der Waals surface area contributed by atoms with Gasteiger partial charge in [0.2, 0.25) is 0 Å². The maximum absolute atomic E-state index is 10.5. The SMILES string of the molecule is C[C@@H](OC1CCCC1(C)O)C(=O)O. The Morgan fingerprint density at radius 1 is 1.69 bits per heavy atom. The van der Waals surface area contributed by atoms with Crippen molar-refractivity contribution in [3.63, 3.8) is 0 Å². The van der Waals surface area contributed by atoms with Crippen molar-refractivity contribution in [3.05, 3.63) is 0 Å². The van der Waals surface area contributed by atoms with Crippen LogP contribution in [0.1, 0.15) is 33.1 Å². The number of carboxylic acids is 1. The van der Waals surface area contributed by atoms with Gasteiger partial charge in [0.15, 0.2) is 6.10 Å². The summed E-state index contributed by atoms with van der Waals surface area (Å²) in [5.74, 6) is -0.984. The molecule has 2 unspecified atom stereocenters. The predicted octanol–water partition coefficient (Wildman–Crippen LogP) is 0.780. The van der Waals surface area contributed by atoms with E-state index in [9.17, 15) is 9.90 Å². The minimum absolute atomic E-state index is 0.335. The van der Waals surface area contributed by atoms with Gasteiger partial charge in [-0.25, -0.2) is 4.79 Å². The summed E-state index contributed by atoms with van der Waals surface area (Å²) < 4.78 is 5.24. The van der Waals surface area contributed by atoms with E-state index in [4.69, 9.17) is 9.84 Å². The van der Waals surface area contributed by atoms with Gasteiger partial charge in [0.05, 0.1) is 11.7 Å². The molecule has 0 aromatic heterocycles. The van der Waals surface area contributed by atoms with Crippen molar-refractivity contribution >= 4 is 5.97 Å². The molecule has 2 N–H and O–H groups in total. The molecule has 0 aliphatic heterocycles. The molecule has 1 aliphatic carbocycles. The molecular weight excluding hydrogens is 172 g/mol. The quantitative estimate of drug-likeness (QED) is 0.686. The highest BCUT2D eigenvalue weighted by atomic mass is 16.5. The molecule has 3 atom stereocenters. The fraction of sp³-hybridized carbons (Fsp3) is 0.889. The number of hydrogen-bond acceptors (Lipinski definition) is 3. The van der Waals surface area contributed by atoms with E-state index < -0.39 is 17.7 Å². The van der Waals surface area contributed by atoms with Gasteiger partial charge in [0.25, 0.3) is 0 Å². The van der Waals surface area contributed by atoms with Gasteiger partial charge in [-0.2, -0.15) is 0 Å². The highest BCUT2D eigenvalue weighted by Crippen LogP contribution is 2.32. The number of aliphatic carboxylic acids is 1. The third-order valence-corrected chi connectivity index (χ3v) is 2.56. The fourth-order valence-electron chi connectivity index (χ4n) is 1.64. The van der Waals surface area contributed by atoms with Crippen LogP contribution in [0.3, 0.4) is 0 Å². The Bertz CT molecular complexity index is 200. The van der Waals surface area contributed by atoms with E-state index in [-0.39, 0.29) is 6.10 Å². The Balaban J connectivity index is 2.49. The first-order valence-corrected chi connectivity index (χ1v) is 4.54. The topological polar surface area (TPSA) is 66.8 Å². The third-order valence-electron chi connectivity index (χ3n) is 2.56. The second-order valence-corrected chi connectivity index (χ2v) is 3.85. The van der Waals surface area contributed by atoms with Gasteiger partial charge in [-0.1, -0.05) is 0 Å². The lowest BCUT2D eigenvalue weighted by Gasteiger charge is -2.27. The van der Waals surface area contributed by atoms with Crippen molar-refractivity contribution in [2.75, 3.05) is 0 Å². The number of ether oxygens (including phenoxy) is 1. The molecule has 76 valence electrons. The standard InChI is InChI=1S/C9H16O4/c1-6(8(10)11)13-7-4-3-5-9(7,2)12/h6-7,12H,3-5H2,1-2H3,(H,10,11)/t6-,7?,9?/m1/s1. The fourth-order valence-corrected chi connectivity index (χ4v) is 1.64. The van der Waals surface area contributed by atoms with Crippen LogP contribution >= 0.6 is 0 Å². The van der Waals surface area contributed by atoms with E-state index in [2.05, 4.69) is 0 Å². The largest absolute Gasteiger partial charge is 0.479 e. The molecule has 1 fully saturated rings. The monoisotopic (exact) mass is 188 g/mol. The molecule has 0 saturated heterocycles. The zero-order chi connectivity index (χ0) is 10.1. The summed E-state index contributed by atoms with van der Waals surface area (Å²) in [5, 5.41) is 18.4. The molecule has 0 bridgehead atoms. The van der Waals surface area contributed by atoms with Crippen molar-refractivity contribution in [3.8, 4) is 0 Å². The van der Waals surface area contributed by atoms with Crippen LogP contribution in [-0.4, -0.2) is 34.0 Å². The van der Waals surface area contributed by atoms with Crippen LogP contribution in [0.5, 0.6) is 0 Å². The van der Waals surface area contributed by atoms with Crippen LogP contribution in [0.4, 0.5) is 0 Å². The molecule has 0 radical (unpaired) electrons.